The lowest BCUT2D eigenvalue weighted by Gasteiger charge is -2.25. The van der Waals surface area contributed by atoms with Crippen LogP contribution in [0.2, 0.25) is 0 Å². The van der Waals surface area contributed by atoms with Gasteiger partial charge in [0.15, 0.2) is 0 Å². The van der Waals surface area contributed by atoms with E-state index in [0.29, 0.717) is 6.61 Å². The second-order valence-electron chi connectivity index (χ2n) is 4.99. The van der Waals surface area contributed by atoms with Gasteiger partial charge in [0.1, 0.15) is 0 Å². The van der Waals surface area contributed by atoms with Crippen molar-refractivity contribution in [3.8, 4) is 0 Å². The summed E-state index contributed by atoms with van der Waals surface area (Å²) in [4.78, 5) is 11.6. The summed E-state index contributed by atoms with van der Waals surface area (Å²) in [5.41, 5.74) is 2.71. The monoisotopic (exact) mass is 325 g/mol. The molecule has 1 N–H and O–H groups in total. The molecule has 104 valence electrons. The number of hydrogen-bond donors (Lipinski definition) is 1. The molecule has 3 nitrogen and oxygen atoms in total. The number of carbonyl (C=O) groups excluding carboxylic acids is 1. The van der Waals surface area contributed by atoms with Crippen molar-refractivity contribution < 1.29 is 9.53 Å². The average molecular weight is 326 g/mol. The molecule has 0 fully saturated rings. The first-order valence-corrected chi connectivity index (χ1v) is 7.69. The number of benzene rings is 1. The van der Waals surface area contributed by atoms with Crippen LogP contribution in [0.15, 0.2) is 22.7 Å². The highest BCUT2D eigenvalue weighted by atomic mass is 79.9. The Hall–Kier alpha value is -1.03. The third kappa shape index (κ3) is 4.23. The van der Waals surface area contributed by atoms with Crippen molar-refractivity contribution >= 4 is 22.0 Å². The summed E-state index contributed by atoms with van der Waals surface area (Å²) < 4.78 is 6.26. The Bertz CT molecular complexity index is 448. The van der Waals surface area contributed by atoms with Crippen LogP contribution >= 0.6 is 15.9 Å². The molecule has 0 saturated heterocycles. The van der Waals surface area contributed by atoms with Crippen LogP contribution in [0.25, 0.3) is 0 Å². The molecule has 0 spiro atoms. The Morgan fingerprint density at radius 3 is 3.11 bits per heavy atom. The van der Waals surface area contributed by atoms with Gasteiger partial charge in [-0.3, -0.25) is 0 Å². The molecule has 0 aliphatic heterocycles. The zero-order valence-corrected chi connectivity index (χ0v) is 12.8. The van der Waals surface area contributed by atoms with Gasteiger partial charge in [0.25, 0.3) is 0 Å². The first-order chi connectivity index (χ1) is 9.19. The Kier molecular flexibility index (Phi) is 5.25. The van der Waals surface area contributed by atoms with Gasteiger partial charge in [-0.05, 0) is 48.9 Å². The summed E-state index contributed by atoms with van der Waals surface area (Å²) >= 11 is 3.49. The van der Waals surface area contributed by atoms with E-state index in [2.05, 4.69) is 46.4 Å². The average Bonchev–Trinajstić information content (AvgIpc) is 2.39. The summed E-state index contributed by atoms with van der Waals surface area (Å²) in [5.74, 6) is 0. The van der Waals surface area contributed by atoms with Gasteiger partial charge in [-0.2, -0.15) is 0 Å². The van der Waals surface area contributed by atoms with Crippen LogP contribution in [0.5, 0.6) is 0 Å². The largest absolute Gasteiger partial charge is 0.450 e. The minimum Gasteiger partial charge on any atom is -0.450 e. The maximum absolute atomic E-state index is 11.6. The molecule has 1 unspecified atom stereocenters. The molecule has 19 heavy (non-hydrogen) atoms. The van der Waals surface area contributed by atoms with E-state index >= 15 is 0 Å². The molecular formula is C15H20BrNO2. The molecule has 1 aromatic rings. The first kappa shape index (κ1) is 14.4. The highest BCUT2D eigenvalue weighted by Crippen LogP contribution is 2.24. The van der Waals surface area contributed by atoms with Crippen molar-refractivity contribution in [3.05, 3.63) is 33.8 Å². The highest BCUT2D eigenvalue weighted by molar-refractivity contribution is 9.10. The van der Waals surface area contributed by atoms with E-state index in [9.17, 15) is 4.79 Å². The van der Waals surface area contributed by atoms with Crippen molar-refractivity contribution in [1.82, 2.24) is 5.32 Å². The molecular weight excluding hydrogens is 306 g/mol. The third-order valence-corrected chi connectivity index (χ3v) is 3.94. The molecule has 0 heterocycles. The number of carbonyl (C=O) groups is 1. The number of rotatable bonds is 4. The van der Waals surface area contributed by atoms with Crippen LogP contribution in [0.3, 0.4) is 0 Å². The standard InChI is InChI=1S/C15H20BrNO2/c1-2-3-8-19-15(18)17-14-7-5-11-9-13(16)6-4-12(11)10-14/h4,6,9,14H,2-3,5,7-8,10H2,1H3,(H,17,18). The minimum absolute atomic E-state index is 0.197. The fraction of sp³-hybridized carbons (Fsp3) is 0.533. The number of fused-ring (bicyclic) bond motifs is 1. The number of halogens is 1. The van der Waals surface area contributed by atoms with Crippen molar-refractivity contribution in [1.29, 1.82) is 0 Å². The van der Waals surface area contributed by atoms with Gasteiger partial charge in [-0.15, -0.1) is 0 Å². The summed E-state index contributed by atoms with van der Waals surface area (Å²) in [7, 11) is 0. The van der Waals surface area contributed by atoms with Crippen LogP contribution < -0.4 is 5.32 Å². The van der Waals surface area contributed by atoms with Gasteiger partial charge in [0, 0.05) is 10.5 Å². The number of aryl methyl sites for hydroxylation is 1. The Morgan fingerprint density at radius 2 is 2.32 bits per heavy atom. The maximum Gasteiger partial charge on any atom is 0.407 e. The number of alkyl carbamates (subject to hydrolysis) is 1. The second kappa shape index (κ2) is 6.94. The Labute approximate surface area is 122 Å². The van der Waals surface area contributed by atoms with Gasteiger partial charge in [-0.1, -0.05) is 35.3 Å². The van der Waals surface area contributed by atoms with Gasteiger partial charge in [0.2, 0.25) is 0 Å². The van der Waals surface area contributed by atoms with Crippen LogP contribution in [0, 0.1) is 0 Å². The number of amides is 1. The lowest BCUT2D eigenvalue weighted by molar-refractivity contribution is 0.139. The summed E-state index contributed by atoms with van der Waals surface area (Å²) in [5, 5.41) is 2.96. The predicted molar refractivity (Wildman–Crippen MR) is 79.3 cm³/mol. The SMILES string of the molecule is CCCCOC(=O)NC1CCc2cc(Br)ccc2C1. The van der Waals surface area contributed by atoms with E-state index in [-0.39, 0.29) is 12.1 Å². The smallest absolute Gasteiger partial charge is 0.407 e. The van der Waals surface area contributed by atoms with Crippen molar-refractivity contribution in [2.45, 2.75) is 45.1 Å². The Balaban J connectivity index is 1.84. The molecule has 0 radical (unpaired) electrons. The Morgan fingerprint density at radius 1 is 1.47 bits per heavy atom. The first-order valence-electron chi connectivity index (χ1n) is 6.89. The normalized spacial score (nSPS) is 17.7. The molecule has 1 aliphatic carbocycles. The van der Waals surface area contributed by atoms with Crippen molar-refractivity contribution in [2.24, 2.45) is 0 Å². The number of nitrogens with one attached hydrogen (secondary N) is 1. The quantitative estimate of drug-likeness (QED) is 0.854. The van der Waals surface area contributed by atoms with Gasteiger partial charge < -0.3 is 10.1 Å². The molecule has 1 aliphatic rings. The lowest BCUT2D eigenvalue weighted by Crippen LogP contribution is -2.39. The number of ether oxygens (including phenoxy) is 1. The lowest BCUT2D eigenvalue weighted by atomic mass is 9.88. The number of unbranched alkanes of at least 4 members (excludes halogenated alkanes) is 1. The van der Waals surface area contributed by atoms with Gasteiger partial charge in [0.05, 0.1) is 6.61 Å². The zero-order valence-electron chi connectivity index (χ0n) is 11.2. The van der Waals surface area contributed by atoms with Crippen molar-refractivity contribution in [3.63, 3.8) is 0 Å². The summed E-state index contributed by atoms with van der Waals surface area (Å²) in [6.07, 6.45) is 4.57. The van der Waals surface area contributed by atoms with Gasteiger partial charge >= 0.3 is 6.09 Å². The number of hydrogen-bond acceptors (Lipinski definition) is 2. The summed E-state index contributed by atoms with van der Waals surface area (Å²) in [6.45, 7) is 2.59. The van der Waals surface area contributed by atoms with E-state index in [1.165, 1.54) is 11.1 Å². The summed E-state index contributed by atoms with van der Waals surface area (Å²) in [6, 6.07) is 6.56. The molecule has 0 bridgehead atoms. The maximum atomic E-state index is 11.6. The second-order valence-corrected chi connectivity index (χ2v) is 5.90. The van der Waals surface area contributed by atoms with Crippen molar-refractivity contribution in [2.75, 3.05) is 6.61 Å². The van der Waals surface area contributed by atoms with Crippen LogP contribution in [0.4, 0.5) is 4.79 Å². The van der Waals surface area contributed by atoms with E-state index in [1.54, 1.807) is 0 Å². The topological polar surface area (TPSA) is 38.3 Å². The molecule has 4 heteroatoms. The molecule has 1 atom stereocenters. The third-order valence-electron chi connectivity index (χ3n) is 3.45. The van der Waals surface area contributed by atoms with E-state index in [0.717, 1.165) is 36.6 Å². The van der Waals surface area contributed by atoms with Gasteiger partial charge in [-0.25, -0.2) is 4.79 Å². The molecule has 2 rings (SSSR count). The van der Waals surface area contributed by atoms with E-state index in [1.807, 2.05) is 0 Å². The predicted octanol–water partition coefficient (Wildman–Crippen LogP) is 3.83. The van der Waals surface area contributed by atoms with Crippen LogP contribution in [0.1, 0.15) is 37.3 Å². The molecule has 1 aromatic carbocycles. The van der Waals surface area contributed by atoms with Crippen LogP contribution in [-0.2, 0) is 17.6 Å². The minimum atomic E-state index is -0.279. The van der Waals surface area contributed by atoms with Crippen LogP contribution in [-0.4, -0.2) is 18.7 Å². The zero-order chi connectivity index (χ0) is 13.7. The fourth-order valence-electron chi connectivity index (χ4n) is 2.36. The fourth-order valence-corrected chi connectivity index (χ4v) is 2.77. The molecule has 1 amide bonds. The highest BCUT2D eigenvalue weighted by Gasteiger charge is 2.20. The molecule has 0 aromatic heterocycles. The molecule has 0 saturated carbocycles. The van der Waals surface area contributed by atoms with E-state index < -0.39 is 0 Å². The van der Waals surface area contributed by atoms with E-state index in [4.69, 9.17) is 4.74 Å².